The highest BCUT2D eigenvalue weighted by Gasteiger charge is 2.34. The summed E-state index contributed by atoms with van der Waals surface area (Å²) in [4.78, 5) is 30.1. The Bertz CT molecular complexity index is 1080. The van der Waals surface area contributed by atoms with E-state index < -0.39 is 0 Å². The van der Waals surface area contributed by atoms with Crippen LogP contribution in [0.25, 0.3) is 0 Å². The number of methoxy groups -OCH3 is 1. The molecule has 8 nitrogen and oxygen atoms in total. The van der Waals surface area contributed by atoms with Gasteiger partial charge in [0.25, 0.3) is 0 Å². The Kier molecular flexibility index (Phi) is 8.23. The molecule has 2 heterocycles. The van der Waals surface area contributed by atoms with Crippen molar-refractivity contribution in [2.24, 2.45) is 5.92 Å². The van der Waals surface area contributed by atoms with E-state index in [9.17, 15) is 9.59 Å². The third-order valence-corrected chi connectivity index (χ3v) is 6.90. The Balaban J connectivity index is 1.33. The molecule has 1 fully saturated rings. The summed E-state index contributed by atoms with van der Waals surface area (Å²) in [5.74, 6) is 2.01. The summed E-state index contributed by atoms with van der Waals surface area (Å²) < 4.78 is 17.0. The van der Waals surface area contributed by atoms with Crippen LogP contribution < -0.4 is 24.4 Å². The van der Waals surface area contributed by atoms with E-state index in [1.807, 2.05) is 60.0 Å². The van der Waals surface area contributed by atoms with Crippen molar-refractivity contribution in [1.29, 1.82) is 0 Å². The number of rotatable bonds is 7. The van der Waals surface area contributed by atoms with Crippen molar-refractivity contribution in [2.75, 3.05) is 38.3 Å². The van der Waals surface area contributed by atoms with Gasteiger partial charge < -0.3 is 24.4 Å². The van der Waals surface area contributed by atoms with Gasteiger partial charge in [0.2, 0.25) is 5.91 Å². The van der Waals surface area contributed by atoms with Crippen LogP contribution in [0.2, 0.25) is 0 Å². The number of anilines is 1. The summed E-state index contributed by atoms with van der Waals surface area (Å²) in [5.41, 5.74) is 2.86. The summed E-state index contributed by atoms with van der Waals surface area (Å²) in [7, 11) is 1.61. The van der Waals surface area contributed by atoms with E-state index in [-0.39, 0.29) is 24.0 Å². The minimum Gasteiger partial charge on any atom is -0.493 e. The average molecular weight is 496 g/mol. The third-order valence-electron chi connectivity index (χ3n) is 6.90. The molecule has 2 aliphatic heterocycles. The van der Waals surface area contributed by atoms with Gasteiger partial charge in [-0.2, -0.15) is 0 Å². The van der Waals surface area contributed by atoms with Crippen molar-refractivity contribution in [2.45, 2.75) is 52.7 Å². The molecule has 0 saturated carbocycles. The first-order valence-corrected chi connectivity index (χ1v) is 12.8. The molecular formula is C28H37N3O5. The number of piperidine rings is 1. The molecule has 2 aromatic rings. The highest BCUT2D eigenvalue weighted by atomic mass is 16.5. The zero-order valence-electron chi connectivity index (χ0n) is 21.7. The van der Waals surface area contributed by atoms with Crippen LogP contribution in [0.15, 0.2) is 36.4 Å². The van der Waals surface area contributed by atoms with Gasteiger partial charge in [0.05, 0.1) is 25.9 Å². The van der Waals surface area contributed by atoms with Crippen LogP contribution in [0.3, 0.4) is 0 Å². The predicted octanol–water partition coefficient (Wildman–Crippen LogP) is 4.53. The molecule has 0 unspecified atom stereocenters. The number of carbonyl (C=O) groups is 2. The number of amides is 3. The molecule has 0 spiro atoms. The van der Waals surface area contributed by atoms with Gasteiger partial charge in [-0.05, 0) is 68.5 Å². The molecule has 0 aliphatic carbocycles. The topological polar surface area (TPSA) is 80.3 Å². The smallest absolute Gasteiger partial charge is 0.324 e. The Morgan fingerprint density at radius 3 is 2.56 bits per heavy atom. The molecular weight excluding hydrogens is 458 g/mol. The van der Waals surface area contributed by atoms with Gasteiger partial charge >= 0.3 is 6.03 Å². The molecule has 36 heavy (non-hydrogen) atoms. The second kappa shape index (κ2) is 11.5. The van der Waals surface area contributed by atoms with E-state index in [0.717, 1.165) is 29.0 Å². The average Bonchev–Trinajstić information content (AvgIpc) is 2.91. The lowest BCUT2D eigenvalue weighted by molar-refractivity contribution is -0.126. The SMILES string of the molecule is CCOc1ccc(CNC(=O)C2CCN(C(=O)N3C[C@@H](CC)Oc4ccc(C)cc43)CC2)cc1OC. The van der Waals surface area contributed by atoms with E-state index in [0.29, 0.717) is 57.1 Å². The van der Waals surface area contributed by atoms with E-state index >= 15 is 0 Å². The van der Waals surface area contributed by atoms with Crippen molar-refractivity contribution in [1.82, 2.24) is 10.2 Å². The van der Waals surface area contributed by atoms with Crippen LogP contribution in [0.5, 0.6) is 17.2 Å². The minimum absolute atomic E-state index is 0.0102. The fourth-order valence-corrected chi connectivity index (χ4v) is 4.78. The monoisotopic (exact) mass is 495 g/mol. The van der Waals surface area contributed by atoms with E-state index in [4.69, 9.17) is 14.2 Å². The Hall–Kier alpha value is -3.42. The number of carbonyl (C=O) groups excluding carboxylic acids is 2. The molecule has 0 radical (unpaired) electrons. The number of likely N-dealkylation sites (tertiary alicyclic amines) is 1. The van der Waals surface area contributed by atoms with Gasteiger partial charge in [0.15, 0.2) is 11.5 Å². The maximum absolute atomic E-state index is 13.5. The fourth-order valence-electron chi connectivity index (χ4n) is 4.78. The number of nitrogens with zero attached hydrogens (tertiary/aromatic N) is 2. The summed E-state index contributed by atoms with van der Waals surface area (Å²) in [5, 5.41) is 3.05. The van der Waals surface area contributed by atoms with Crippen LogP contribution in [0, 0.1) is 12.8 Å². The molecule has 8 heteroatoms. The number of fused-ring (bicyclic) bond motifs is 1. The summed E-state index contributed by atoms with van der Waals surface area (Å²) in [6, 6.07) is 11.6. The second-order valence-electron chi connectivity index (χ2n) is 9.41. The molecule has 1 atom stereocenters. The van der Waals surface area contributed by atoms with Crippen LogP contribution in [-0.4, -0.2) is 56.3 Å². The standard InChI is InChI=1S/C28H37N3O5/c1-5-22-18-31(23-15-19(3)7-9-24(23)36-22)28(33)30-13-11-21(12-14-30)27(32)29-17-20-8-10-25(35-6-2)26(16-20)34-4/h7-10,15-16,21-22H,5-6,11-14,17-18H2,1-4H3,(H,29,32)/t22-/m1/s1. The first-order chi connectivity index (χ1) is 17.4. The highest BCUT2D eigenvalue weighted by molar-refractivity contribution is 5.94. The number of benzene rings is 2. The van der Waals surface area contributed by atoms with E-state index in [1.165, 1.54) is 0 Å². The van der Waals surface area contributed by atoms with Crippen molar-refractivity contribution in [3.05, 3.63) is 47.5 Å². The van der Waals surface area contributed by atoms with Gasteiger partial charge in [0.1, 0.15) is 11.9 Å². The maximum Gasteiger partial charge on any atom is 0.324 e. The van der Waals surface area contributed by atoms with E-state index in [2.05, 4.69) is 12.2 Å². The zero-order valence-corrected chi connectivity index (χ0v) is 21.7. The van der Waals surface area contributed by atoms with Crippen LogP contribution >= 0.6 is 0 Å². The largest absolute Gasteiger partial charge is 0.493 e. The molecule has 0 aromatic heterocycles. The van der Waals surface area contributed by atoms with Crippen molar-refractivity contribution >= 4 is 17.6 Å². The Morgan fingerprint density at radius 2 is 1.86 bits per heavy atom. The number of nitrogens with one attached hydrogen (secondary N) is 1. The summed E-state index contributed by atoms with van der Waals surface area (Å²) in [6.07, 6.45) is 2.10. The van der Waals surface area contributed by atoms with Gasteiger partial charge in [-0.3, -0.25) is 9.69 Å². The van der Waals surface area contributed by atoms with Crippen LogP contribution in [-0.2, 0) is 11.3 Å². The molecule has 0 bridgehead atoms. The van der Waals surface area contributed by atoms with Gasteiger partial charge in [-0.1, -0.05) is 19.1 Å². The Morgan fingerprint density at radius 1 is 1.08 bits per heavy atom. The van der Waals surface area contributed by atoms with Crippen molar-refractivity contribution < 1.29 is 23.8 Å². The first kappa shape index (κ1) is 25.7. The normalized spacial score (nSPS) is 17.7. The van der Waals surface area contributed by atoms with Gasteiger partial charge in [0, 0.05) is 25.6 Å². The number of urea groups is 1. The lowest BCUT2D eigenvalue weighted by Crippen LogP contribution is -2.52. The minimum atomic E-state index is -0.110. The molecule has 3 amide bonds. The lowest BCUT2D eigenvalue weighted by Gasteiger charge is -2.39. The van der Waals surface area contributed by atoms with Crippen LogP contribution in [0.4, 0.5) is 10.5 Å². The molecule has 2 aromatic carbocycles. The second-order valence-corrected chi connectivity index (χ2v) is 9.41. The van der Waals surface area contributed by atoms with E-state index in [1.54, 1.807) is 7.11 Å². The summed E-state index contributed by atoms with van der Waals surface area (Å²) in [6.45, 7) is 8.65. The van der Waals surface area contributed by atoms with Crippen molar-refractivity contribution in [3.8, 4) is 17.2 Å². The quantitative estimate of drug-likeness (QED) is 0.611. The number of hydrogen-bond donors (Lipinski definition) is 1. The summed E-state index contributed by atoms with van der Waals surface area (Å²) >= 11 is 0. The molecule has 1 N–H and O–H groups in total. The van der Waals surface area contributed by atoms with Gasteiger partial charge in [-0.25, -0.2) is 4.79 Å². The zero-order chi connectivity index (χ0) is 25.7. The number of hydrogen-bond acceptors (Lipinski definition) is 5. The predicted molar refractivity (Wildman–Crippen MR) is 139 cm³/mol. The first-order valence-electron chi connectivity index (χ1n) is 12.8. The Labute approximate surface area is 213 Å². The van der Waals surface area contributed by atoms with Gasteiger partial charge in [-0.15, -0.1) is 0 Å². The van der Waals surface area contributed by atoms with Crippen LogP contribution in [0.1, 0.15) is 44.2 Å². The van der Waals surface area contributed by atoms with Crippen molar-refractivity contribution in [3.63, 3.8) is 0 Å². The molecule has 2 aliphatic rings. The third kappa shape index (κ3) is 5.69. The molecule has 194 valence electrons. The number of aryl methyl sites for hydroxylation is 1. The maximum atomic E-state index is 13.5. The molecule has 4 rings (SSSR count). The lowest BCUT2D eigenvalue weighted by atomic mass is 9.96. The molecule has 1 saturated heterocycles. The fraction of sp³-hybridized carbons (Fsp3) is 0.500. The number of ether oxygens (including phenoxy) is 3. The highest BCUT2D eigenvalue weighted by Crippen LogP contribution is 2.36.